The van der Waals surface area contributed by atoms with E-state index in [-0.39, 0.29) is 5.97 Å². The van der Waals surface area contributed by atoms with Gasteiger partial charge in [0.2, 0.25) is 0 Å². The minimum absolute atomic E-state index is 0.369. The zero-order valence-electron chi connectivity index (χ0n) is 9.70. The molecule has 2 aromatic rings. The van der Waals surface area contributed by atoms with Crippen molar-refractivity contribution in [3.63, 3.8) is 0 Å². The number of anilines is 1. The second kappa shape index (κ2) is 4.27. The molecule has 7 heteroatoms. The van der Waals surface area contributed by atoms with Gasteiger partial charge in [0.15, 0.2) is 5.82 Å². The summed E-state index contributed by atoms with van der Waals surface area (Å²) >= 11 is 1.28. The van der Waals surface area contributed by atoms with Gasteiger partial charge in [-0.2, -0.15) is 0 Å². The highest BCUT2D eigenvalue weighted by Crippen LogP contribution is 2.33. The van der Waals surface area contributed by atoms with Crippen LogP contribution in [0.4, 0.5) is 5.82 Å². The van der Waals surface area contributed by atoms with E-state index in [0.29, 0.717) is 16.5 Å². The molecule has 0 spiro atoms. The maximum atomic E-state index is 11.6. The van der Waals surface area contributed by atoms with E-state index in [1.807, 2.05) is 6.92 Å². The van der Waals surface area contributed by atoms with E-state index in [4.69, 9.17) is 10.6 Å². The molecule has 3 N–H and O–H groups in total. The number of nitrogens with zero attached hydrogens (tertiary/aromatic N) is 2. The predicted molar refractivity (Wildman–Crippen MR) is 66.0 cm³/mol. The standard InChI is InChI=1S/C10H12N4O2S/c1-4-6-8(14-11)12-5(2)13-9(6)17-7(4)10(15)16-3/h11H2,1-3H3,(H,12,13,14). The van der Waals surface area contributed by atoms with E-state index in [0.717, 1.165) is 15.8 Å². The number of carbonyl (C=O) groups is 1. The molecule has 2 aromatic heterocycles. The first kappa shape index (κ1) is 11.7. The average Bonchev–Trinajstić information content (AvgIpc) is 2.64. The lowest BCUT2D eigenvalue weighted by Gasteiger charge is -2.03. The van der Waals surface area contributed by atoms with Crippen molar-refractivity contribution in [2.24, 2.45) is 5.84 Å². The Hall–Kier alpha value is -1.73. The van der Waals surface area contributed by atoms with Gasteiger partial charge in [-0.25, -0.2) is 20.6 Å². The number of nitrogen functional groups attached to an aromatic ring is 1. The molecule has 6 nitrogen and oxygen atoms in total. The molecule has 2 rings (SSSR count). The first-order valence-corrected chi connectivity index (χ1v) is 5.72. The number of esters is 1. The minimum Gasteiger partial charge on any atom is -0.465 e. The van der Waals surface area contributed by atoms with Crippen LogP contribution < -0.4 is 11.3 Å². The fourth-order valence-corrected chi connectivity index (χ4v) is 2.78. The number of carbonyl (C=O) groups excluding carboxylic acids is 1. The SMILES string of the molecule is COC(=O)c1sc2nc(C)nc(NN)c2c1C. The second-order valence-corrected chi connectivity index (χ2v) is 4.49. The van der Waals surface area contributed by atoms with E-state index < -0.39 is 0 Å². The molecule has 0 unspecified atom stereocenters. The molecule has 90 valence electrons. The molecule has 0 saturated heterocycles. The van der Waals surface area contributed by atoms with Crippen LogP contribution >= 0.6 is 11.3 Å². The number of nitrogens with two attached hydrogens (primary N) is 1. The third-order valence-corrected chi connectivity index (χ3v) is 3.58. The number of methoxy groups -OCH3 is 1. The molecule has 0 aliphatic rings. The monoisotopic (exact) mass is 252 g/mol. The molecule has 0 aliphatic heterocycles. The van der Waals surface area contributed by atoms with E-state index in [9.17, 15) is 4.79 Å². The van der Waals surface area contributed by atoms with Gasteiger partial charge in [-0.15, -0.1) is 11.3 Å². The van der Waals surface area contributed by atoms with Crippen LogP contribution in [0.1, 0.15) is 21.1 Å². The van der Waals surface area contributed by atoms with Gasteiger partial charge in [-0.05, 0) is 19.4 Å². The molecule has 2 heterocycles. The summed E-state index contributed by atoms with van der Waals surface area (Å²) < 4.78 is 4.72. The van der Waals surface area contributed by atoms with Crippen molar-refractivity contribution in [2.45, 2.75) is 13.8 Å². The zero-order chi connectivity index (χ0) is 12.6. The maximum absolute atomic E-state index is 11.6. The van der Waals surface area contributed by atoms with Gasteiger partial charge in [0, 0.05) is 0 Å². The first-order valence-electron chi connectivity index (χ1n) is 4.91. The van der Waals surface area contributed by atoms with Gasteiger partial charge in [0.25, 0.3) is 0 Å². The van der Waals surface area contributed by atoms with Gasteiger partial charge in [-0.1, -0.05) is 0 Å². The Kier molecular flexibility index (Phi) is 2.95. The molecule has 0 saturated carbocycles. The number of thiophene rings is 1. The lowest BCUT2D eigenvalue weighted by atomic mass is 10.2. The predicted octanol–water partition coefficient (Wildman–Crippen LogP) is 1.38. The lowest BCUT2D eigenvalue weighted by molar-refractivity contribution is 0.0605. The quantitative estimate of drug-likeness (QED) is 0.477. The topological polar surface area (TPSA) is 90.1 Å². The Morgan fingerprint density at radius 2 is 2.12 bits per heavy atom. The molecule has 17 heavy (non-hydrogen) atoms. The van der Waals surface area contributed by atoms with E-state index in [1.54, 1.807) is 6.92 Å². The number of hydrazine groups is 1. The third-order valence-electron chi connectivity index (χ3n) is 2.41. The number of ether oxygens (including phenoxy) is 1. The number of fused-ring (bicyclic) bond motifs is 1. The largest absolute Gasteiger partial charge is 0.465 e. The summed E-state index contributed by atoms with van der Waals surface area (Å²) in [6, 6.07) is 0. The van der Waals surface area contributed by atoms with Crippen molar-refractivity contribution in [1.29, 1.82) is 0 Å². The van der Waals surface area contributed by atoms with Crippen LogP contribution in [0.25, 0.3) is 10.2 Å². The Bertz CT molecular complexity index is 593. The van der Waals surface area contributed by atoms with E-state index >= 15 is 0 Å². The normalized spacial score (nSPS) is 10.6. The summed E-state index contributed by atoms with van der Waals surface area (Å²) in [4.78, 5) is 21.3. The molecule has 0 aliphatic carbocycles. The highest BCUT2D eigenvalue weighted by Gasteiger charge is 2.19. The Morgan fingerprint density at radius 1 is 1.41 bits per heavy atom. The molecular formula is C10H12N4O2S. The fourth-order valence-electron chi connectivity index (χ4n) is 1.64. The number of hydrogen-bond acceptors (Lipinski definition) is 7. The van der Waals surface area contributed by atoms with Gasteiger partial charge in [-0.3, -0.25) is 0 Å². The highest BCUT2D eigenvalue weighted by molar-refractivity contribution is 7.20. The number of hydrogen-bond donors (Lipinski definition) is 2. The van der Waals surface area contributed by atoms with Crippen LogP contribution in [0.5, 0.6) is 0 Å². The van der Waals surface area contributed by atoms with Gasteiger partial charge < -0.3 is 10.2 Å². The van der Waals surface area contributed by atoms with E-state index in [2.05, 4.69) is 15.4 Å². The second-order valence-electron chi connectivity index (χ2n) is 3.49. The lowest BCUT2D eigenvalue weighted by Crippen LogP contribution is -2.10. The molecular weight excluding hydrogens is 240 g/mol. The highest BCUT2D eigenvalue weighted by atomic mass is 32.1. The van der Waals surface area contributed by atoms with E-state index in [1.165, 1.54) is 18.4 Å². The van der Waals surface area contributed by atoms with Crippen LogP contribution in [-0.4, -0.2) is 23.0 Å². The number of nitrogens with one attached hydrogen (secondary N) is 1. The first-order chi connectivity index (χ1) is 8.08. The minimum atomic E-state index is -0.369. The smallest absolute Gasteiger partial charge is 0.348 e. The third kappa shape index (κ3) is 1.83. The van der Waals surface area contributed by atoms with Crippen molar-refractivity contribution in [2.75, 3.05) is 12.5 Å². The summed E-state index contributed by atoms with van der Waals surface area (Å²) in [5.74, 6) is 6.17. The van der Waals surface area contributed by atoms with Crippen molar-refractivity contribution in [3.8, 4) is 0 Å². The summed E-state index contributed by atoms with van der Waals surface area (Å²) in [6.07, 6.45) is 0. The maximum Gasteiger partial charge on any atom is 0.348 e. The molecule has 0 radical (unpaired) electrons. The zero-order valence-corrected chi connectivity index (χ0v) is 10.5. The Balaban J connectivity index is 2.77. The van der Waals surface area contributed by atoms with Crippen molar-refractivity contribution >= 4 is 33.3 Å². The van der Waals surface area contributed by atoms with Crippen LogP contribution in [0, 0.1) is 13.8 Å². The number of aromatic nitrogens is 2. The van der Waals surface area contributed by atoms with Crippen molar-refractivity contribution in [1.82, 2.24) is 9.97 Å². The summed E-state index contributed by atoms with van der Waals surface area (Å²) in [5, 5.41) is 0.767. The molecule has 0 fully saturated rings. The summed E-state index contributed by atoms with van der Waals surface area (Å²) in [5.41, 5.74) is 3.31. The van der Waals surface area contributed by atoms with Crippen molar-refractivity contribution in [3.05, 3.63) is 16.3 Å². The number of rotatable bonds is 2. The van der Waals surface area contributed by atoms with Crippen molar-refractivity contribution < 1.29 is 9.53 Å². The average molecular weight is 252 g/mol. The van der Waals surface area contributed by atoms with Crippen LogP contribution in [0.2, 0.25) is 0 Å². The van der Waals surface area contributed by atoms with Crippen LogP contribution in [-0.2, 0) is 4.74 Å². The molecule has 0 bridgehead atoms. The van der Waals surface area contributed by atoms with Crippen LogP contribution in [0.3, 0.4) is 0 Å². The fraction of sp³-hybridized carbons (Fsp3) is 0.300. The molecule has 0 atom stereocenters. The van der Waals surface area contributed by atoms with Gasteiger partial charge in [0.1, 0.15) is 15.5 Å². The summed E-state index contributed by atoms with van der Waals surface area (Å²) in [6.45, 7) is 3.60. The molecule has 0 amide bonds. The number of aryl methyl sites for hydroxylation is 2. The van der Waals surface area contributed by atoms with Gasteiger partial charge >= 0.3 is 5.97 Å². The molecule has 0 aromatic carbocycles. The van der Waals surface area contributed by atoms with Gasteiger partial charge in [0.05, 0.1) is 12.5 Å². The van der Waals surface area contributed by atoms with Crippen LogP contribution in [0.15, 0.2) is 0 Å². The summed E-state index contributed by atoms with van der Waals surface area (Å²) in [7, 11) is 1.35. The Morgan fingerprint density at radius 3 is 2.71 bits per heavy atom. The Labute approximate surface area is 102 Å².